The van der Waals surface area contributed by atoms with E-state index in [-0.39, 0.29) is 5.57 Å². The van der Waals surface area contributed by atoms with Crippen molar-refractivity contribution in [3.8, 4) is 11.8 Å². The molecule has 1 aromatic heterocycles. The fourth-order valence-electron chi connectivity index (χ4n) is 2.98. The molecule has 1 amide bonds. The maximum atomic E-state index is 12.5. The van der Waals surface area contributed by atoms with Crippen LogP contribution in [0.1, 0.15) is 17.0 Å². The van der Waals surface area contributed by atoms with Crippen LogP contribution in [0.15, 0.2) is 60.2 Å². The number of benzene rings is 2. The van der Waals surface area contributed by atoms with E-state index in [1.807, 2.05) is 54.8 Å². The number of aryl methyl sites for hydroxylation is 1. The third kappa shape index (κ3) is 4.28. The van der Waals surface area contributed by atoms with Crippen LogP contribution in [0.25, 0.3) is 11.8 Å². The predicted octanol–water partition coefficient (Wildman–Crippen LogP) is 5.95. The van der Waals surface area contributed by atoms with Crippen molar-refractivity contribution in [2.75, 3.05) is 5.32 Å². The molecule has 6 heteroatoms. The maximum absolute atomic E-state index is 12.5. The molecule has 28 heavy (non-hydrogen) atoms. The molecule has 0 aliphatic carbocycles. The van der Waals surface area contributed by atoms with Crippen LogP contribution in [0.4, 0.5) is 5.69 Å². The van der Waals surface area contributed by atoms with Crippen LogP contribution in [-0.2, 0) is 4.79 Å². The number of aromatic nitrogens is 1. The molecule has 0 radical (unpaired) electrons. The highest BCUT2D eigenvalue weighted by atomic mass is 35.5. The average Bonchev–Trinajstić information content (AvgIpc) is 2.94. The van der Waals surface area contributed by atoms with E-state index >= 15 is 0 Å². The standard InChI is InChI=1S/C22H17Cl2N3O/c1-14-10-16(15(2)27(14)21-5-3-4-19(24)12-21)11-17(13-25)22(28)26-20-8-6-18(23)7-9-20/h3-12H,1-2H3,(H,26,28)/b17-11-. The van der Waals surface area contributed by atoms with Gasteiger partial charge >= 0.3 is 0 Å². The van der Waals surface area contributed by atoms with Crippen molar-refractivity contribution in [2.45, 2.75) is 13.8 Å². The van der Waals surface area contributed by atoms with Crippen LogP contribution in [0.5, 0.6) is 0 Å². The van der Waals surface area contributed by atoms with Gasteiger partial charge in [0.2, 0.25) is 0 Å². The third-order valence-electron chi connectivity index (χ3n) is 4.30. The second-order valence-corrected chi connectivity index (χ2v) is 7.15. The Bertz CT molecular complexity index is 1110. The number of halogens is 2. The first kappa shape index (κ1) is 19.8. The van der Waals surface area contributed by atoms with Gasteiger partial charge in [-0.15, -0.1) is 0 Å². The molecule has 2 aromatic carbocycles. The molecule has 0 atom stereocenters. The molecule has 1 heterocycles. The van der Waals surface area contributed by atoms with Gasteiger partial charge in [-0.2, -0.15) is 5.26 Å². The molecule has 3 rings (SSSR count). The second-order valence-electron chi connectivity index (χ2n) is 6.27. The Morgan fingerprint density at radius 3 is 2.43 bits per heavy atom. The van der Waals surface area contributed by atoms with E-state index < -0.39 is 5.91 Å². The highest BCUT2D eigenvalue weighted by Gasteiger charge is 2.14. The smallest absolute Gasteiger partial charge is 0.266 e. The zero-order valence-electron chi connectivity index (χ0n) is 15.3. The van der Waals surface area contributed by atoms with Crippen molar-refractivity contribution >= 4 is 40.9 Å². The number of nitrogens with one attached hydrogen (secondary N) is 1. The van der Waals surface area contributed by atoms with E-state index in [0.717, 1.165) is 22.6 Å². The van der Waals surface area contributed by atoms with Gasteiger partial charge in [-0.25, -0.2) is 0 Å². The molecule has 3 aromatic rings. The minimum Gasteiger partial charge on any atom is -0.321 e. The van der Waals surface area contributed by atoms with Crippen molar-refractivity contribution in [2.24, 2.45) is 0 Å². The first-order valence-corrected chi connectivity index (χ1v) is 9.28. The van der Waals surface area contributed by atoms with Crippen molar-refractivity contribution in [3.05, 3.63) is 87.2 Å². The second kappa shape index (κ2) is 8.35. The number of anilines is 1. The van der Waals surface area contributed by atoms with Gasteiger partial charge in [-0.05, 0) is 74.0 Å². The van der Waals surface area contributed by atoms with Gasteiger partial charge in [0.15, 0.2) is 0 Å². The van der Waals surface area contributed by atoms with Gasteiger partial charge in [0.05, 0.1) is 0 Å². The summed E-state index contributed by atoms with van der Waals surface area (Å²) >= 11 is 12.0. The van der Waals surface area contributed by atoms with Crippen molar-refractivity contribution in [3.63, 3.8) is 0 Å². The minimum absolute atomic E-state index is 0.0151. The highest BCUT2D eigenvalue weighted by molar-refractivity contribution is 6.31. The Balaban J connectivity index is 1.93. The summed E-state index contributed by atoms with van der Waals surface area (Å²) in [6.45, 7) is 3.90. The lowest BCUT2D eigenvalue weighted by Gasteiger charge is -2.10. The first-order valence-electron chi connectivity index (χ1n) is 8.52. The summed E-state index contributed by atoms with van der Waals surface area (Å²) in [6, 6.07) is 18.1. The molecule has 0 spiro atoms. The molecule has 140 valence electrons. The van der Waals surface area contributed by atoms with E-state index in [4.69, 9.17) is 23.2 Å². The van der Waals surface area contributed by atoms with E-state index in [1.165, 1.54) is 0 Å². The van der Waals surface area contributed by atoms with Crippen LogP contribution in [0.2, 0.25) is 10.0 Å². The Morgan fingerprint density at radius 2 is 1.79 bits per heavy atom. The Labute approximate surface area is 173 Å². The summed E-state index contributed by atoms with van der Waals surface area (Å²) in [6.07, 6.45) is 1.59. The van der Waals surface area contributed by atoms with Gasteiger partial charge < -0.3 is 9.88 Å². The van der Waals surface area contributed by atoms with Gasteiger partial charge in [0.1, 0.15) is 11.6 Å². The number of hydrogen-bond acceptors (Lipinski definition) is 2. The van der Waals surface area contributed by atoms with Gasteiger partial charge in [-0.1, -0.05) is 29.3 Å². The van der Waals surface area contributed by atoms with Crippen molar-refractivity contribution in [1.29, 1.82) is 5.26 Å². The molecule has 0 bridgehead atoms. The van der Waals surface area contributed by atoms with E-state index in [0.29, 0.717) is 15.7 Å². The highest BCUT2D eigenvalue weighted by Crippen LogP contribution is 2.25. The van der Waals surface area contributed by atoms with Gasteiger partial charge in [-0.3, -0.25) is 4.79 Å². The summed E-state index contributed by atoms with van der Waals surface area (Å²) in [5.74, 6) is -0.475. The molecule has 0 saturated heterocycles. The quantitative estimate of drug-likeness (QED) is 0.427. The number of nitrogens with zero attached hydrogens (tertiary/aromatic N) is 2. The van der Waals surface area contributed by atoms with E-state index in [9.17, 15) is 10.1 Å². The molecular formula is C22H17Cl2N3O. The Morgan fingerprint density at radius 1 is 1.07 bits per heavy atom. The molecular weight excluding hydrogens is 393 g/mol. The summed E-state index contributed by atoms with van der Waals surface area (Å²) in [5, 5.41) is 13.4. The summed E-state index contributed by atoms with van der Waals surface area (Å²) in [4.78, 5) is 12.5. The van der Waals surface area contributed by atoms with E-state index in [1.54, 1.807) is 30.3 Å². The van der Waals surface area contributed by atoms with E-state index in [2.05, 4.69) is 5.32 Å². The van der Waals surface area contributed by atoms with Crippen LogP contribution in [0, 0.1) is 25.2 Å². The molecule has 0 fully saturated rings. The average molecular weight is 410 g/mol. The number of rotatable bonds is 4. The number of amides is 1. The van der Waals surface area contributed by atoms with Crippen molar-refractivity contribution in [1.82, 2.24) is 4.57 Å². The lowest BCUT2D eigenvalue weighted by atomic mass is 10.1. The van der Waals surface area contributed by atoms with Crippen LogP contribution < -0.4 is 5.32 Å². The monoisotopic (exact) mass is 409 g/mol. The maximum Gasteiger partial charge on any atom is 0.266 e. The lowest BCUT2D eigenvalue weighted by Crippen LogP contribution is -2.13. The van der Waals surface area contributed by atoms with Gasteiger partial charge in [0.25, 0.3) is 5.91 Å². The predicted molar refractivity (Wildman–Crippen MR) is 114 cm³/mol. The van der Waals surface area contributed by atoms with Gasteiger partial charge in [0, 0.05) is 32.8 Å². The fourth-order valence-corrected chi connectivity index (χ4v) is 3.29. The molecule has 0 aliphatic rings. The third-order valence-corrected chi connectivity index (χ3v) is 4.79. The summed E-state index contributed by atoms with van der Waals surface area (Å²) < 4.78 is 2.03. The number of nitriles is 1. The molecule has 4 nitrogen and oxygen atoms in total. The molecule has 0 unspecified atom stereocenters. The number of carbonyl (C=O) groups is 1. The Hall–Kier alpha value is -3.00. The van der Waals surface area contributed by atoms with Crippen LogP contribution in [0.3, 0.4) is 0 Å². The zero-order chi connectivity index (χ0) is 20.3. The summed E-state index contributed by atoms with van der Waals surface area (Å²) in [7, 11) is 0. The Kier molecular flexibility index (Phi) is 5.89. The SMILES string of the molecule is Cc1cc(/C=C(/C#N)C(=O)Nc2ccc(Cl)cc2)c(C)n1-c1cccc(Cl)c1. The molecule has 1 N–H and O–H groups in total. The minimum atomic E-state index is -0.475. The largest absolute Gasteiger partial charge is 0.321 e. The topological polar surface area (TPSA) is 57.8 Å². The van der Waals surface area contributed by atoms with Crippen LogP contribution in [-0.4, -0.2) is 10.5 Å². The normalized spacial score (nSPS) is 11.2. The summed E-state index contributed by atoms with van der Waals surface area (Å²) in [5.41, 5.74) is 4.18. The number of hydrogen-bond donors (Lipinski definition) is 1. The zero-order valence-corrected chi connectivity index (χ0v) is 16.8. The lowest BCUT2D eigenvalue weighted by molar-refractivity contribution is -0.112. The molecule has 0 saturated carbocycles. The molecule has 0 aliphatic heterocycles. The number of carbonyl (C=O) groups excluding carboxylic acids is 1. The van der Waals surface area contributed by atoms with Crippen LogP contribution >= 0.6 is 23.2 Å². The first-order chi connectivity index (χ1) is 13.4. The fraction of sp³-hybridized carbons (Fsp3) is 0.0909. The van der Waals surface area contributed by atoms with Crippen molar-refractivity contribution < 1.29 is 4.79 Å².